The van der Waals surface area contributed by atoms with Crippen molar-refractivity contribution >= 4 is 39.1 Å². The van der Waals surface area contributed by atoms with E-state index >= 15 is 0 Å². The molecule has 0 amide bonds. The Balaban J connectivity index is 0.00000300. The summed E-state index contributed by atoms with van der Waals surface area (Å²) in [6.45, 7) is 0. The van der Waals surface area contributed by atoms with Gasteiger partial charge in [0.25, 0.3) is 15.8 Å². The third-order valence-electron chi connectivity index (χ3n) is 4.22. The predicted octanol–water partition coefficient (Wildman–Crippen LogP) is 1.58. The highest BCUT2D eigenvalue weighted by molar-refractivity contribution is 7.90. The molecule has 0 aliphatic heterocycles. The topological polar surface area (TPSA) is 126 Å². The zero-order valence-electron chi connectivity index (χ0n) is 16.0. The number of fused-ring (bicyclic) bond motifs is 1. The van der Waals surface area contributed by atoms with Gasteiger partial charge in [-0.2, -0.15) is 13.5 Å². The Morgan fingerprint density at radius 1 is 1.07 bits per heavy atom. The fraction of sp³-hybridized carbons (Fsp3) is 0.222. The number of nitrogens with two attached hydrogens (primary N) is 1. The second-order valence-corrected chi connectivity index (χ2v) is 7.44. The van der Waals surface area contributed by atoms with Crippen molar-refractivity contribution in [3.05, 3.63) is 58.0 Å². The number of halogens is 1. The second-order valence-electron chi connectivity index (χ2n) is 6.15. The molecule has 3 N–H and O–H groups in total. The van der Waals surface area contributed by atoms with Crippen LogP contribution in [0.15, 0.2) is 41.2 Å². The molecule has 29 heavy (non-hydrogen) atoms. The van der Waals surface area contributed by atoms with Gasteiger partial charge < -0.3 is 9.47 Å². The van der Waals surface area contributed by atoms with E-state index in [1.165, 1.54) is 18.9 Å². The van der Waals surface area contributed by atoms with Crippen LogP contribution in [0.1, 0.15) is 11.3 Å². The number of hydrogen-bond donors (Lipinski definition) is 2. The molecule has 3 rings (SSSR count). The van der Waals surface area contributed by atoms with E-state index in [9.17, 15) is 13.2 Å². The number of nitrogens with zero attached hydrogens (tertiary/aromatic N) is 2. The van der Waals surface area contributed by atoms with E-state index in [1.807, 2.05) is 0 Å². The predicted molar refractivity (Wildman–Crippen MR) is 113 cm³/mol. The zero-order valence-corrected chi connectivity index (χ0v) is 17.6. The molecule has 0 unspecified atom stereocenters. The molecule has 1 heterocycles. The molecule has 9 nitrogen and oxygen atoms in total. The molecule has 1 aromatic heterocycles. The Morgan fingerprint density at radius 2 is 1.62 bits per heavy atom. The van der Waals surface area contributed by atoms with Gasteiger partial charge in [0.1, 0.15) is 0 Å². The van der Waals surface area contributed by atoms with Crippen molar-refractivity contribution in [2.45, 2.75) is 6.42 Å². The summed E-state index contributed by atoms with van der Waals surface area (Å²) in [7, 11) is 0.786. The van der Waals surface area contributed by atoms with Crippen LogP contribution < -0.4 is 24.9 Å². The number of ether oxygens (including phenoxy) is 2. The Morgan fingerprint density at radius 3 is 2.14 bits per heavy atom. The second kappa shape index (κ2) is 8.68. The summed E-state index contributed by atoms with van der Waals surface area (Å²) in [5.41, 5.74) is 1.66. The van der Waals surface area contributed by atoms with E-state index in [2.05, 4.69) is 9.82 Å². The maximum Gasteiger partial charge on any atom is 0.296 e. The maximum atomic E-state index is 12.5. The SMILES string of the molecule is COc1cc2c(Cc3ccc(NS(N)(=O)=O)cc3)nn(C)c(=O)c2cc1OC.Cl. The summed E-state index contributed by atoms with van der Waals surface area (Å²) in [5.74, 6) is 0.960. The van der Waals surface area contributed by atoms with Crippen LogP contribution >= 0.6 is 12.4 Å². The molecule has 0 aliphatic carbocycles. The van der Waals surface area contributed by atoms with E-state index in [4.69, 9.17) is 14.6 Å². The summed E-state index contributed by atoms with van der Waals surface area (Å²) in [6.07, 6.45) is 0.426. The molecule has 0 aliphatic rings. The van der Waals surface area contributed by atoms with Gasteiger partial charge in [-0.15, -0.1) is 12.4 Å². The lowest BCUT2D eigenvalue weighted by Crippen LogP contribution is -2.22. The van der Waals surface area contributed by atoms with Crippen molar-refractivity contribution in [1.29, 1.82) is 0 Å². The van der Waals surface area contributed by atoms with Gasteiger partial charge in [0.15, 0.2) is 11.5 Å². The normalized spacial score (nSPS) is 11.0. The van der Waals surface area contributed by atoms with Crippen LogP contribution in [0.3, 0.4) is 0 Å². The summed E-state index contributed by atoms with van der Waals surface area (Å²) in [4.78, 5) is 12.5. The first-order valence-corrected chi connectivity index (χ1v) is 9.78. The Labute approximate surface area is 174 Å². The van der Waals surface area contributed by atoms with Gasteiger partial charge in [-0.05, 0) is 29.8 Å². The molecule has 0 bridgehead atoms. The molecular weight excluding hydrogens is 420 g/mol. The molecule has 2 aromatic carbocycles. The number of aryl methyl sites for hydroxylation is 1. The monoisotopic (exact) mass is 440 g/mol. The van der Waals surface area contributed by atoms with E-state index in [1.54, 1.807) is 43.4 Å². The van der Waals surface area contributed by atoms with Crippen LogP contribution in [-0.2, 0) is 23.7 Å². The van der Waals surface area contributed by atoms with Crippen molar-refractivity contribution < 1.29 is 17.9 Å². The number of hydrogen-bond acceptors (Lipinski definition) is 6. The zero-order chi connectivity index (χ0) is 20.5. The van der Waals surface area contributed by atoms with Gasteiger partial charge in [0.05, 0.1) is 25.3 Å². The molecule has 3 aromatic rings. The average Bonchev–Trinajstić information content (AvgIpc) is 2.65. The minimum absolute atomic E-state index is 0. The van der Waals surface area contributed by atoms with Crippen LogP contribution in [0.5, 0.6) is 11.5 Å². The van der Waals surface area contributed by atoms with E-state index in [0.29, 0.717) is 40.1 Å². The molecule has 11 heteroatoms. The molecule has 0 atom stereocenters. The summed E-state index contributed by atoms with van der Waals surface area (Å²) >= 11 is 0. The number of methoxy groups -OCH3 is 2. The number of anilines is 1. The fourth-order valence-electron chi connectivity index (χ4n) is 2.93. The van der Waals surface area contributed by atoms with Gasteiger partial charge in [-0.25, -0.2) is 9.82 Å². The summed E-state index contributed by atoms with van der Waals surface area (Å²) < 4.78 is 36.3. The highest BCUT2D eigenvalue weighted by Gasteiger charge is 2.15. The van der Waals surface area contributed by atoms with E-state index in [-0.39, 0.29) is 18.0 Å². The fourth-order valence-corrected chi connectivity index (χ4v) is 3.39. The van der Waals surface area contributed by atoms with Crippen molar-refractivity contribution in [2.75, 3.05) is 18.9 Å². The van der Waals surface area contributed by atoms with Crippen LogP contribution in [-0.4, -0.2) is 32.4 Å². The van der Waals surface area contributed by atoms with Gasteiger partial charge in [-0.1, -0.05) is 12.1 Å². The smallest absolute Gasteiger partial charge is 0.296 e. The lowest BCUT2D eigenvalue weighted by Gasteiger charge is -2.13. The van der Waals surface area contributed by atoms with Crippen molar-refractivity contribution in [2.24, 2.45) is 12.2 Å². The first-order chi connectivity index (χ1) is 13.2. The quantitative estimate of drug-likeness (QED) is 0.599. The third kappa shape index (κ3) is 4.97. The van der Waals surface area contributed by atoms with Crippen molar-refractivity contribution in [3.8, 4) is 11.5 Å². The number of nitrogens with one attached hydrogen (secondary N) is 1. The Bertz CT molecular complexity index is 1190. The van der Waals surface area contributed by atoms with E-state index in [0.717, 1.165) is 5.56 Å². The average molecular weight is 441 g/mol. The number of rotatable bonds is 6. The molecule has 0 spiro atoms. The number of aromatic nitrogens is 2. The van der Waals surface area contributed by atoms with Gasteiger partial charge in [0.2, 0.25) is 0 Å². The Hall–Kier alpha value is -2.82. The number of benzene rings is 2. The standard InChI is InChI=1S/C18H20N4O5S.ClH/c1-22-18(23)14-10-17(27-3)16(26-2)9-13(14)15(20-22)8-11-4-6-12(7-5-11)21-28(19,24)25;/h4-7,9-10,21H,8H2,1-3H3,(H2,19,24,25);1H. The van der Waals surface area contributed by atoms with Crippen molar-refractivity contribution in [1.82, 2.24) is 9.78 Å². The van der Waals surface area contributed by atoms with Crippen LogP contribution in [0.2, 0.25) is 0 Å². The van der Waals surface area contributed by atoms with Crippen LogP contribution in [0.4, 0.5) is 5.69 Å². The maximum absolute atomic E-state index is 12.5. The largest absolute Gasteiger partial charge is 0.493 e. The highest BCUT2D eigenvalue weighted by atomic mass is 35.5. The third-order valence-corrected chi connectivity index (χ3v) is 4.74. The lowest BCUT2D eigenvalue weighted by molar-refractivity contribution is 0.355. The summed E-state index contributed by atoms with van der Waals surface area (Å²) in [6, 6.07) is 10.1. The summed E-state index contributed by atoms with van der Waals surface area (Å²) in [5, 5.41) is 10.5. The molecule has 0 saturated carbocycles. The van der Waals surface area contributed by atoms with Gasteiger partial charge in [-0.3, -0.25) is 9.52 Å². The highest BCUT2D eigenvalue weighted by Crippen LogP contribution is 2.32. The van der Waals surface area contributed by atoms with Crippen molar-refractivity contribution in [3.63, 3.8) is 0 Å². The lowest BCUT2D eigenvalue weighted by atomic mass is 10.0. The van der Waals surface area contributed by atoms with E-state index < -0.39 is 10.2 Å². The molecule has 0 saturated heterocycles. The minimum atomic E-state index is -3.83. The first-order valence-electron chi connectivity index (χ1n) is 8.23. The van der Waals surface area contributed by atoms with Gasteiger partial charge >= 0.3 is 0 Å². The minimum Gasteiger partial charge on any atom is -0.493 e. The van der Waals surface area contributed by atoms with Crippen LogP contribution in [0.25, 0.3) is 10.8 Å². The first kappa shape index (κ1) is 22.5. The molecule has 0 radical (unpaired) electrons. The molecule has 156 valence electrons. The molecular formula is C18H21ClN4O5S. The van der Waals surface area contributed by atoms with Gasteiger partial charge in [0, 0.05) is 24.5 Å². The Kier molecular flexibility index (Phi) is 6.73. The molecule has 0 fully saturated rings. The van der Waals surface area contributed by atoms with Crippen LogP contribution in [0, 0.1) is 0 Å².